The van der Waals surface area contributed by atoms with E-state index in [0.29, 0.717) is 13.2 Å². The van der Waals surface area contributed by atoms with E-state index < -0.39 is 0 Å². The number of nitrogens with one attached hydrogen (secondary N) is 1. The van der Waals surface area contributed by atoms with E-state index in [1.165, 1.54) is 0 Å². The average molecular weight is 141 g/mol. The summed E-state index contributed by atoms with van der Waals surface area (Å²) in [6.07, 6.45) is 1.86. The van der Waals surface area contributed by atoms with Gasteiger partial charge >= 0.3 is 5.97 Å². The molecule has 0 fully saturated rings. The highest BCUT2D eigenvalue weighted by molar-refractivity contribution is 5.89. The Bertz CT molecular complexity index is 163. The molecule has 1 N–H and O–H groups in total. The topological polar surface area (TPSA) is 38.3 Å². The van der Waals surface area contributed by atoms with Crippen LogP contribution in [0.5, 0.6) is 0 Å². The zero-order valence-corrected chi connectivity index (χ0v) is 6.02. The van der Waals surface area contributed by atoms with Crippen LogP contribution in [0, 0.1) is 0 Å². The minimum atomic E-state index is -0.187. The molecule has 1 rings (SSSR count). The molecule has 0 aromatic heterocycles. The van der Waals surface area contributed by atoms with Crippen molar-refractivity contribution < 1.29 is 9.53 Å². The molecular formula is C7H11NO2. The largest absolute Gasteiger partial charge is 0.463 e. The lowest BCUT2D eigenvalue weighted by Gasteiger charge is -1.99. The summed E-state index contributed by atoms with van der Waals surface area (Å²) in [5, 5.41) is 3.02. The smallest absolute Gasteiger partial charge is 0.335 e. The number of rotatable bonds is 2. The molecule has 10 heavy (non-hydrogen) atoms. The first kappa shape index (κ1) is 7.28. The highest BCUT2D eigenvalue weighted by Crippen LogP contribution is 2.00. The molecule has 1 heterocycles. The van der Waals surface area contributed by atoms with Crippen LogP contribution in [0.4, 0.5) is 0 Å². The number of esters is 1. The van der Waals surface area contributed by atoms with Crippen molar-refractivity contribution in [3.05, 3.63) is 11.6 Å². The van der Waals surface area contributed by atoms with E-state index in [0.717, 1.165) is 12.1 Å². The SMILES string of the molecule is CCOC(=O)C1=CCNC1. The Balaban J connectivity index is 2.40. The Morgan fingerprint density at radius 1 is 1.90 bits per heavy atom. The third kappa shape index (κ3) is 1.57. The fourth-order valence-electron chi connectivity index (χ4n) is 0.854. The van der Waals surface area contributed by atoms with Crippen molar-refractivity contribution in [1.29, 1.82) is 0 Å². The van der Waals surface area contributed by atoms with E-state index in [1.54, 1.807) is 6.92 Å². The molecule has 0 aromatic carbocycles. The first-order valence-electron chi connectivity index (χ1n) is 3.41. The van der Waals surface area contributed by atoms with Crippen molar-refractivity contribution in [2.75, 3.05) is 19.7 Å². The molecule has 3 nitrogen and oxygen atoms in total. The number of carbonyl (C=O) groups excluding carboxylic acids is 1. The fraction of sp³-hybridized carbons (Fsp3) is 0.571. The second-order valence-electron chi connectivity index (χ2n) is 2.08. The van der Waals surface area contributed by atoms with Gasteiger partial charge in [-0.1, -0.05) is 6.08 Å². The van der Waals surface area contributed by atoms with E-state index in [9.17, 15) is 4.79 Å². The van der Waals surface area contributed by atoms with Crippen molar-refractivity contribution >= 4 is 5.97 Å². The van der Waals surface area contributed by atoms with Gasteiger partial charge in [0, 0.05) is 18.7 Å². The molecule has 0 aromatic rings. The van der Waals surface area contributed by atoms with Gasteiger partial charge in [-0.05, 0) is 6.92 Å². The van der Waals surface area contributed by atoms with E-state index in [-0.39, 0.29) is 5.97 Å². The maximum atomic E-state index is 10.9. The van der Waals surface area contributed by atoms with E-state index in [4.69, 9.17) is 4.74 Å². The first-order valence-corrected chi connectivity index (χ1v) is 3.41. The monoisotopic (exact) mass is 141 g/mol. The van der Waals surface area contributed by atoms with Crippen LogP contribution in [0.25, 0.3) is 0 Å². The maximum absolute atomic E-state index is 10.9. The molecule has 0 unspecified atom stereocenters. The summed E-state index contributed by atoms with van der Waals surface area (Å²) < 4.78 is 4.78. The molecule has 0 bridgehead atoms. The highest BCUT2D eigenvalue weighted by atomic mass is 16.5. The molecule has 1 aliphatic rings. The Morgan fingerprint density at radius 3 is 3.20 bits per heavy atom. The van der Waals surface area contributed by atoms with Crippen LogP contribution in [0.2, 0.25) is 0 Å². The fourth-order valence-corrected chi connectivity index (χ4v) is 0.854. The normalized spacial score (nSPS) is 16.7. The van der Waals surface area contributed by atoms with Crippen molar-refractivity contribution in [3.8, 4) is 0 Å². The Labute approximate surface area is 60.1 Å². The highest BCUT2D eigenvalue weighted by Gasteiger charge is 2.12. The predicted molar refractivity (Wildman–Crippen MR) is 37.6 cm³/mol. The second kappa shape index (κ2) is 3.37. The van der Waals surface area contributed by atoms with Crippen LogP contribution in [-0.4, -0.2) is 25.7 Å². The standard InChI is InChI=1S/C7H11NO2/c1-2-10-7(9)6-3-4-8-5-6/h3,8H,2,4-5H2,1H3. The van der Waals surface area contributed by atoms with Gasteiger partial charge in [0.2, 0.25) is 0 Å². The lowest BCUT2D eigenvalue weighted by Crippen LogP contribution is -2.14. The van der Waals surface area contributed by atoms with Gasteiger partial charge in [0.25, 0.3) is 0 Å². The number of hydrogen-bond acceptors (Lipinski definition) is 3. The van der Waals surface area contributed by atoms with Gasteiger partial charge in [-0.3, -0.25) is 0 Å². The lowest BCUT2D eigenvalue weighted by molar-refractivity contribution is -0.138. The predicted octanol–water partition coefficient (Wildman–Crippen LogP) is 0.0791. The van der Waals surface area contributed by atoms with Crippen LogP contribution >= 0.6 is 0 Å². The molecular weight excluding hydrogens is 130 g/mol. The Hall–Kier alpha value is -0.830. The molecule has 1 aliphatic heterocycles. The summed E-state index contributed by atoms with van der Waals surface area (Å²) in [5.74, 6) is -0.187. The summed E-state index contributed by atoms with van der Waals surface area (Å²) in [6, 6.07) is 0. The number of carbonyl (C=O) groups is 1. The number of ether oxygens (including phenoxy) is 1. The molecule has 0 atom stereocenters. The zero-order chi connectivity index (χ0) is 7.40. The minimum absolute atomic E-state index is 0.187. The van der Waals surface area contributed by atoms with Gasteiger partial charge in [-0.2, -0.15) is 0 Å². The molecule has 0 saturated carbocycles. The molecule has 0 saturated heterocycles. The minimum Gasteiger partial charge on any atom is -0.463 e. The molecule has 0 spiro atoms. The van der Waals surface area contributed by atoms with Gasteiger partial charge in [0.05, 0.1) is 6.61 Å². The summed E-state index contributed by atoms with van der Waals surface area (Å²) >= 11 is 0. The molecule has 56 valence electrons. The van der Waals surface area contributed by atoms with Gasteiger partial charge in [-0.25, -0.2) is 4.79 Å². The second-order valence-corrected chi connectivity index (χ2v) is 2.08. The van der Waals surface area contributed by atoms with Crippen molar-refractivity contribution in [3.63, 3.8) is 0 Å². The quantitative estimate of drug-likeness (QED) is 0.553. The first-order chi connectivity index (χ1) is 4.84. The number of hydrogen-bond donors (Lipinski definition) is 1. The molecule has 0 radical (unpaired) electrons. The third-order valence-electron chi connectivity index (χ3n) is 1.35. The van der Waals surface area contributed by atoms with Crippen molar-refractivity contribution in [2.45, 2.75) is 6.92 Å². The van der Waals surface area contributed by atoms with Crippen molar-refractivity contribution in [2.24, 2.45) is 0 Å². The van der Waals surface area contributed by atoms with Gasteiger partial charge in [0.15, 0.2) is 0 Å². The Morgan fingerprint density at radius 2 is 2.70 bits per heavy atom. The average Bonchev–Trinajstić information content (AvgIpc) is 2.38. The van der Waals surface area contributed by atoms with Crippen LogP contribution in [0.15, 0.2) is 11.6 Å². The van der Waals surface area contributed by atoms with Crippen LogP contribution in [-0.2, 0) is 9.53 Å². The maximum Gasteiger partial charge on any atom is 0.335 e. The van der Waals surface area contributed by atoms with Gasteiger partial charge in [0.1, 0.15) is 0 Å². The summed E-state index contributed by atoms with van der Waals surface area (Å²) in [5.41, 5.74) is 0.752. The van der Waals surface area contributed by atoms with Crippen LogP contribution < -0.4 is 5.32 Å². The molecule has 0 amide bonds. The lowest BCUT2D eigenvalue weighted by atomic mass is 10.3. The summed E-state index contributed by atoms with van der Waals surface area (Å²) in [7, 11) is 0. The molecule has 3 heteroatoms. The third-order valence-corrected chi connectivity index (χ3v) is 1.35. The van der Waals surface area contributed by atoms with E-state index in [1.807, 2.05) is 6.08 Å². The van der Waals surface area contributed by atoms with Crippen LogP contribution in [0.3, 0.4) is 0 Å². The molecule has 0 aliphatic carbocycles. The van der Waals surface area contributed by atoms with E-state index >= 15 is 0 Å². The van der Waals surface area contributed by atoms with Gasteiger partial charge < -0.3 is 10.1 Å². The Kier molecular flexibility index (Phi) is 2.45. The van der Waals surface area contributed by atoms with Crippen molar-refractivity contribution in [1.82, 2.24) is 5.32 Å². The summed E-state index contributed by atoms with van der Waals surface area (Å²) in [4.78, 5) is 10.9. The summed E-state index contributed by atoms with van der Waals surface area (Å²) in [6.45, 7) is 3.70. The van der Waals surface area contributed by atoms with Gasteiger partial charge in [-0.15, -0.1) is 0 Å². The van der Waals surface area contributed by atoms with Crippen LogP contribution in [0.1, 0.15) is 6.92 Å². The van der Waals surface area contributed by atoms with E-state index in [2.05, 4.69) is 5.32 Å². The zero-order valence-electron chi connectivity index (χ0n) is 6.02.